The molecule has 2 aromatic rings. The third-order valence-electron chi connectivity index (χ3n) is 4.81. The van der Waals surface area contributed by atoms with Crippen LogP contribution < -0.4 is 4.74 Å². The van der Waals surface area contributed by atoms with Gasteiger partial charge in [-0.25, -0.2) is 8.78 Å². The van der Waals surface area contributed by atoms with Crippen molar-refractivity contribution in [3.8, 4) is 5.75 Å². The fourth-order valence-corrected chi connectivity index (χ4v) is 3.18. The highest BCUT2D eigenvalue weighted by molar-refractivity contribution is 5.82. The highest BCUT2D eigenvalue weighted by atomic mass is 19.3. The standard InChI is InChI=1S/C17H23F2N3O/c1-11-7-14(8-16-15(11)9-20-21-16)23-10-13-3-5-22(6-4-13)12(2)17(18)19/h7-9,12-13,17H,3-6,10H2,1-2H3,(H,20,21). The van der Waals surface area contributed by atoms with Crippen LogP contribution in [0.25, 0.3) is 10.9 Å². The molecule has 1 aliphatic rings. The van der Waals surface area contributed by atoms with Crippen molar-refractivity contribution in [2.24, 2.45) is 5.92 Å². The molecule has 1 fully saturated rings. The van der Waals surface area contributed by atoms with Gasteiger partial charge in [0.2, 0.25) is 0 Å². The van der Waals surface area contributed by atoms with Crippen molar-refractivity contribution < 1.29 is 13.5 Å². The molecule has 3 rings (SSSR count). The van der Waals surface area contributed by atoms with Gasteiger partial charge in [0, 0.05) is 11.5 Å². The molecule has 1 unspecified atom stereocenters. The first-order valence-corrected chi connectivity index (χ1v) is 8.13. The predicted octanol–water partition coefficient (Wildman–Crippen LogP) is 3.62. The SMILES string of the molecule is Cc1cc(OCC2CCN(C(C)C(F)F)CC2)cc2[nH]ncc12. The molecule has 1 aromatic carbocycles. The minimum Gasteiger partial charge on any atom is -0.493 e. The summed E-state index contributed by atoms with van der Waals surface area (Å²) >= 11 is 0. The molecule has 1 saturated heterocycles. The smallest absolute Gasteiger partial charge is 0.253 e. The van der Waals surface area contributed by atoms with E-state index in [9.17, 15) is 8.78 Å². The number of alkyl halides is 2. The number of nitrogens with zero attached hydrogens (tertiary/aromatic N) is 2. The Bertz CT molecular complexity index is 650. The Morgan fingerprint density at radius 1 is 1.35 bits per heavy atom. The number of benzene rings is 1. The molecule has 1 aromatic heterocycles. The number of aromatic amines is 1. The van der Waals surface area contributed by atoms with Crippen LogP contribution >= 0.6 is 0 Å². The van der Waals surface area contributed by atoms with E-state index in [0.717, 1.165) is 48.1 Å². The molecule has 4 nitrogen and oxygen atoms in total. The van der Waals surface area contributed by atoms with Gasteiger partial charge in [-0.15, -0.1) is 0 Å². The summed E-state index contributed by atoms with van der Waals surface area (Å²) in [5.74, 6) is 1.26. The largest absolute Gasteiger partial charge is 0.493 e. The Balaban J connectivity index is 1.53. The molecule has 0 saturated carbocycles. The molecular formula is C17H23F2N3O. The molecule has 0 bridgehead atoms. The number of rotatable bonds is 5. The van der Waals surface area contributed by atoms with Crippen molar-refractivity contribution in [3.05, 3.63) is 23.9 Å². The maximum absolute atomic E-state index is 12.7. The zero-order chi connectivity index (χ0) is 16.4. The number of nitrogens with one attached hydrogen (secondary N) is 1. The first-order valence-electron chi connectivity index (χ1n) is 8.13. The van der Waals surface area contributed by atoms with E-state index in [1.54, 1.807) is 6.92 Å². The van der Waals surface area contributed by atoms with Crippen LogP contribution in [0.15, 0.2) is 18.3 Å². The van der Waals surface area contributed by atoms with E-state index in [1.165, 1.54) is 0 Å². The number of ether oxygens (including phenoxy) is 1. The minimum atomic E-state index is -2.27. The van der Waals surface area contributed by atoms with Crippen LogP contribution in [0.3, 0.4) is 0 Å². The van der Waals surface area contributed by atoms with Crippen molar-refractivity contribution >= 4 is 10.9 Å². The fraction of sp³-hybridized carbons (Fsp3) is 0.588. The quantitative estimate of drug-likeness (QED) is 0.914. The Labute approximate surface area is 134 Å². The lowest BCUT2D eigenvalue weighted by molar-refractivity contribution is 0.0133. The van der Waals surface area contributed by atoms with Gasteiger partial charge in [-0.1, -0.05) is 0 Å². The summed E-state index contributed by atoms with van der Waals surface area (Å²) in [6.07, 6.45) is 1.35. The summed E-state index contributed by atoms with van der Waals surface area (Å²) in [5, 5.41) is 8.11. The minimum absolute atomic E-state index is 0.425. The molecule has 126 valence electrons. The summed E-state index contributed by atoms with van der Waals surface area (Å²) in [6.45, 7) is 5.71. The average Bonchev–Trinajstić information content (AvgIpc) is 3.02. The summed E-state index contributed by atoms with van der Waals surface area (Å²) < 4.78 is 31.4. The van der Waals surface area contributed by atoms with Crippen LogP contribution in [-0.4, -0.2) is 47.3 Å². The molecule has 6 heteroatoms. The fourth-order valence-electron chi connectivity index (χ4n) is 3.18. The van der Waals surface area contributed by atoms with Crippen molar-refractivity contribution in [2.75, 3.05) is 19.7 Å². The first kappa shape index (κ1) is 16.2. The normalized spacial score (nSPS) is 18.7. The van der Waals surface area contributed by atoms with Crippen LogP contribution in [0.2, 0.25) is 0 Å². The van der Waals surface area contributed by atoms with Crippen LogP contribution in [-0.2, 0) is 0 Å². The number of aromatic nitrogens is 2. The summed E-state index contributed by atoms with van der Waals surface area (Å²) in [4.78, 5) is 1.88. The van der Waals surface area contributed by atoms with E-state index in [-0.39, 0.29) is 0 Å². The lowest BCUT2D eigenvalue weighted by Crippen LogP contribution is -2.44. The Morgan fingerprint density at radius 3 is 2.78 bits per heavy atom. The second kappa shape index (κ2) is 6.83. The molecule has 1 aliphatic heterocycles. The molecule has 0 spiro atoms. The number of fused-ring (bicyclic) bond motifs is 1. The van der Waals surface area contributed by atoms with E-state index in [0.29, 0.717) is 12.5 Å². The number of H-pyrrole nitrogens is 1. The predicted molar refractivity (Wildman–Crippen MR) is 86.1 cm³/mol. The summed E-state index contributed by atoms with van der Waals surface area (Å²) in [5.41, 5.74) is 2.10. The number of likely N-dealkylation sites (tertiary alicyclic amines) is 1. The van der Waals surface area contributed by atoms with Gasteiger partial charge in [-0.05, 0) is 57.3 Å². The summed E-state index contributed by atoms with van der Waals surface area (Å²) in [6, 6.07) is 3.33. The second-order valence-corrected chi connectivity index (χ2v) is 6.44. The lowest BCUT2D eigenvalue weighted by Gasteiger charge is -2.35. The van der Waals surface area contributed by atoms with Crippen LogP contribution in [0.5, 0.6) is 5.75 Å². The second-order valence-electron chi connectivity index (χ2n) is 6.44. The van der Waals surface area contributed by atoms with Crippen molar-refractivity contribution in [1.29, 1.82) is 0 Å². The van der Waals surface area contributed by atoms with E-state index in [4.69, 9.17) is 4.74 Å². The third kappa shape index (κ3) is 3.63. The van der Waals surface area contributed by atoms with Gasteiger partial charge in [0.05, 0.1) is 24.4 Å². The first-order chi connectivity index (χ1) is 11.0. The maximum Gasteiger partial charge on any atom is 0.253 e. The van der Waals surface area contributed by atoms with E-state index >= 15 is 0 Å². The molecule has 0 aliphatic carbocycles. The van der Waals surface area contributed by atoms with Gasteiger partial charge in [0.15, 0.2) is 0 Å². The van der Waals surface area contributed by atoms with Gasteiger partial charge in [-0.3, -0.25) is 10.00 Å². The van der Waals surface area contributed by atoms with E-state index in [2.05, 4.69) is 10.2 Å². The van der Waals surface area contributed by atoms with Gasteiger partial charge < -0.3 is 4.74 Å². The molecule has 2 heterocycles. The van der Waals surface area contributed by atoms with Crippen molar-refractivity contribution in [1.82, 2.24) is 15.1 Å². The Kier molecular flexibility index (Phi) is 4.80. The van der Waals surface area contributed by atoms with Crippen LogP contribution in [0.4, 0.5) is 8.78 Å². The molecular weight excluding hydrogens is 300 g/mol. The van der Waals surface area contributed by atoms with Crippen molar-refractivity contribution in [2.45, 2.75) is 39.2 Å². The van der Waals surface area contributed by atoms with Crippen LogP contribution in [0.1, 0.15) is 25.3 Å². The Morgan fingerprint density at radius 2 is 2.09 bits per heavy atom. The van der Waals surface area contributed by atoms with Crippen LogP contribution in [0, 0.1) is 12.8 Å². The van der Waals surface area contributed by atoms with Gasteiger partial charge in [0.25, 0.3) is 6.43 Å². The molecule has 1 N–H and O–H groups in total. The topological polar surface area (TPSA) is 41.1 Å². The van der Waals surface area contributed by atoms with Gasteiger partial charge in [-0.2, -0.15) is 5.10 Å². The number of hydrogen-bond acceptors (Lipinski definition) is 3. The number of hydrogen-bond donors (Lipinski definition) is 1. The Hall–Kier alpha value is -1.69. The van der Waals surface area contributed by atoms with Gasteiger partial charge >= 0.3 is 0 Å². The van der Waals surface area contributed by atoms with Gasteiger partial charge in [0.1, 0.15) is 5.75 Å². The molecule has 23 heavy (non-hydrogen) atoms. The zero-order valence-corrected chi connectivity index (χ0v) is 13.6. The molecule has 1 atom stereocenters. The van der Waals surface area contributed by atoms with E-state index < -0.39 is 12.5 Å². The highest BCUT2D eigenvalue weighted by Crippen LogP contribution is 2.26. The lowest BCUT2D eigenvalue weighted by atomic mass is 9.97. The van der Waals surface area contributed by atoms with E-state index in [1.807, 2.05) is 30.2 Å². The molecule has 0 amide bonds. The average molecular weight is 323 g/mol. The number of aryl methyl sites for hydroxylation is 1. The van der Waals surface area contributed by atoms with Crippen molar-refractivity contribution in [3.63, 3.8) is 0 Å². The number of piperidine rings is 1. The molecule has 0 radical (unpaired) electrons. The maximum atomic E-state index is 12.7. The highest BCUT2D eigenvalue weighted by Gasteiger charge is 2.27. The third-order valence-corrected chi connectivity index (χ3v) is 4.81. The summed E-state index contributed by atoms with van der Waals surface area (Å²) in [7, 11) is 0. The monoisotopic (exact) mass is 323 g/mol. The zero-order valence-electron chi connectivity index (χ0n) is 13.6. The number of halogens is 2.